The third-order valence-corrected chi connectivity index (χ3v) is 3.06. The molecule has 22 heavy (non-hydrogen) atoms. The van der Waals surface area contributed by atoms with Crippen LogP contribution < -0.4 is 11.1 Å². The van der Waals surface area contributed by atoms with Crippen LogP contribution in [0.5, 0.6) is 0 Å². The molecule has 0 fully saturated rings. The van der Waals surface area contributed by atoms with Gasteiger partial charge in [0.05, 0.1) is 22.5 Å². The number of carbonyl (C=O) groups is 1. The van der Waals surface area contributed by atoms with Gasteiger partial charge in [-0.3, -0.25) is 4.79 Å². The second-order valence-corrected chi connectivity index (χ2v) is 4.61. The number of aromatic nitrogens is 2. The van der Waals surface area contributed by atoms with Crippen LogP contribution in [0.4, 0.5) is 4.39 Å². The summed E-state index contributed by atoms with van der Waals surface area (Å²) in [6.45, 7) is 4.54. The van der Waals surface area contributed by atoms with Crippen molar-refractivity contribution < 1.29 is 9.18 Å². The van der Waals surface area contributed by atoms with Gasteiger partial charge in [-0.05, 0) is 32.9 Å². The lowest BCUT2D eigenvalue weighted by Gasteiger charge is -2.09. The van der Waals surface area contributed by atoms with Gasteiger partial charge in [0, 0.05) is 12.6 Å². The number of rotatable bonds is 4. The number of nitrogens with one attached hydrogen (secondary N) is 1. The van der Waals surface area contributed by atoms with Gasteiger partial charge in [-0.25, -0.2) is 14.4 Å². The molecule has 0 aliphatic carbocycles. The second-order valence-electron chi connectivity index (χ2n) is 4.61. The number of fused-ring (bicyclic) bond motifs is 1. The molecule has 0 aliphatic heterocycles. The number of carbonyl (C=O) groups excluding carboxylic acids is 1. The molecule has 2 aromatic rings. The number of nitrogens with zero attached hydrogens (tertiary/aromatic N) is 2. The third-order valence-electron chi connectivity index (χ3n) is 3.06. The topological polar surface area (TPSA) is 80.9 Å². The van der Waals surface area contributed by atoms with Crippen molar-refractivity contribution in [2.75, 3.05) is 13.1 Å². The molecular weight excluding hydrogens is 330 g/mol. The number of hydrogen-bond donors (Lipinski definition) is 2. The molecule has 8 heteroatoms. The maximum Gasteiger partial charge on any atom is 0.253 e. The van der Waals surface area contributed by atoms with E-state index >= 15 is 0 Å². The van der Waals surface area contributed by atoms with Crippen molar-refractivity contribution in [2.45, 2.75) is 20.3 Å². The predicted octanol–water partition coefficient (Wildman–Crippen LogP) is 2.31. The zero-order valence-electron chi connectivity index (χ0n) is 12.4. The number of amides is 1. The summed E-state index contributed by atoms with van der Waals surface area (Å²) in [6, 6.07) is 2.47. The van der Waals surface area contributed by atoms with Gasteiger partial charge in [-0.1, -0.05) is 0 Å². The third kappa shape index (κ3) is 4.50. The average molecular weight is 349 g/mol. The van der Waals surface area contributed by atoms with E-state index in [4.69, 9.17) is 5.73 Å². The number of benzene rings is 1. The minimum Gasteiger partial charge on any atom is -0.352 e. The molecule has 0 atom stereocenters. The predicted molar refractivity (Wildman–Crippen MR) is 89.5 cm³/mol. The Balaban J connectivity index is 0.00000220. The first-order valence-corrected chi connectivity index (χ1v) is 6.45. The van der Waals surface area contributed by atoms with Crippen LogP contribution in [0.1, 0.15) is 28.2 Å². The average Bonchev–Trinajstić information content (AvgIpc) is 2.40. The van der Waals surface area contributed by atoms with Crippen molar-refractivity contribution in [2.24, 2.45) is 5.73 Å². The van der Waals surface area contributed by atoms with E-state index in [1.165, 1.54) is 12.1 Å². The quantitative estimate of drug-likeness (QED) is 0.830. The van der Waals surface area contributed by atoms with Gasteiger partial charge in [0.25, 0.3) is 5.91 Å². The maximum absolute atomic E-state index is 13.6. The van der Waals surface area contributed by atoms with Crippen molar-refractivity contribution in [1.82, 2.24) is 15.3 Å². The van der Waals surface area contributed by atoms with E-state index in [9.17, 15) is 9.18 Å². The fraction of sp³-hybridized carbons (Fsp3) is 0.357. The summed E-state index contributed by atoms with van der Waals surface area (Å²) in [5.74, 6) is -0.862. The lowest BCUT2D eigenvalue weighted by molar-refractivity contribution is 0.0954. The lowest BCUT2D eigenvalue weighted by atomic mass is 10.1. The smallest absolute Gasteiger partial charge is 0.253 e. The molecule has 2 rings (SSSR count). The monoisotopic (exact) mass is 348 g/mol. The molecule has 0 radical (unpaired) electrons. The highest BCUT2D eigenvalue weighted by Crippen LogP contribution is 2.19. The van der Waals surface area contributed by atoms with Gasteiger partial charge in [-0.2, -0.15) is 0 Å². The highest BCUT2D eigenvalue weighted by Gasteiger charge is 2.15. The lowest BCUT2D eigenvalue weighted by Crippen LogP contribution is -2.26. The van der Waals surface area contributed by atoms with E-state index in [2.05, 4.69) is 15.3 Å². The highest BCUT2D eigenvalue weighted by atomic mass is 35.5. The van der Waals surface area contributed by atoms with E-state index in [0.717, 1.165) is 11.4 Å². The second kappa shape index (κ2) is 8.82. The van der Waals surface area contributed by atoms with Gasteiger partial charge < -0.3 is 11.1 Å². The van der Waals surface area contributed by atoms with E-state index < -0.39 is 5.82 Å². The minimum absolute atomic E-state index is 0. The molecular formula is C14H19Cl2FN4O. The molecule has 3 N–H and O–H groups in total. The number of nitrogens with two attached hydrogens (primary N) is 1. The van der Waals surface area contributed by atoms with E-state index in [1.54, 1.807) is 13.8 Å². The van der Waals surface area contributed by atoms with Crippen LogP contribution >= 0.6 is 24.8 Å². The molecule has 1 aromatic carbocycles. The normalized spacial score (nSPS) is 9.82. The Morgan fingerprint density at radius 3 is 2.50 bits per heavy atom. The first-order chi connectivity index (χ1) is 9.52. The Morgan fingerprint density at radius 2 is 1.86 bits per heavy atom. The number of aryl methyl sites for hydroxylation is 2. The van der Waals surface area contributed by atoms with E-state index in [-0.39, 0.29) is 36.3 Å². The van der Waals surface area contributed by atoms with Crippen LogP contribution in [0, 0.1) is 19.7 Å². The van der Waals surface area contributed by atoms with Crippen LogP contribution in [-0.4, -0.2) is 29.0 Å². The first kappa shape index (κ1) is 20.5. The van der Waals surface area contributed by atoms with Gasteiger partial charge in [0.2, 0.25) is 0 Å². The summed E-state index contributed by atoms with van der Waals surface area (Å²) in [5.41, 5.74) is 7.82. The summed E-state index contributed by atoms with van der Waals surface area (Å²) in [5, 5.41) is 2.70. The summed E-state index contributed by atoms with van der Waals surface area (Å²) >= 11 is 0. The largest absolute Gasteiger partial charge is 0.352 e. The van der Waals surface area contributed by atoms with Crippen LogP contribution in [0.15, 0.2) is 12.1 Å². The molecule has 0 saturated heterocycles. The Labute approximate surface area is 140 Å². The Bertz CT molecular complexity index is 667. The first-order valence-electron chi connectivity index (χ1n) is 6.45. The van der Waals surface area contributed by atoms with Crippen LogP contribution in [0.2, 0.25) is 0 Å². The van der Waals surface area contributed by atoms with Gasteiger partial charge in [0.1, 0.15) is 11.3 Å². The molecule has 1 amide bonds. The van der Waals surface area contributed by atoms with Crippen molar-refractivity contribution >= 4 is 41.8 Å². The van der Waals surface area contributed by atoms with E-state index in [1.807, 2.05) is 0 Å². The molecule has 1 aromatic heterocycles. The molecule has 0 saturated carbocycles. The van der Waals surface area contributed by atoms with Crippen molar-refractivity contribution in [1.29, 1.82) is 0 Å². The van der Waals surface area contributed by atoms with Crippen molar-refractivity contribution in [3.63, 3.8) is 0 Å². The Hall–Kier alpha value is -1.50. The van der Waals surface area contributed by atoms with Crippen LogP contribution in [0.3, 0.4) is 0 Å². The van der Waals surface area contributed by atoms with Crippen LogP contribution in [-0.2, 0) is 0 Å². The Morgan fingerprint density at radius 1 is 1.23 bits per heavy atom. The molecule has 122 valence electrons. The van der Waals surface area contributed by atoms with Crippen molar-refractivity contribution in [3.8, 4) is 0 Å². The summed E-state index contributed by atoms with van der Waals surface area (Å²) in [6.07, 6.45) is 0.669. The summed E-state index contributed by atoms with van der Waals surface area (Å²) in [4.78, 5) is 20.7. The molecule has 0 aliphatic rings. The standard InChI is InChI=1S/C14H17FN4O.2ClH/c1-8-9(2)19-13-11(14(20)17-5-3-4-16)6-10(15)7-12(13)18-8;;/h6-7H,3-5,16H2,1-2H3,(H,17,20);2*1H. The highest BCUT2D eigenvalue weighted by molar-refractivity contribution is 6.04. The van der Waals surface area contributed by atoms with Crippen molar-refractivity contribution in [3.05, 3.63) is 34.9 Å². The van der Waals surface area contributed by atoms with Crippen LogP contribution in [0.25, 0.3) is 11.0 Å². The minimum atomic E-state index is -0.501. The summed E-state index contributed by atoms with van der Waals surface area (Å²) in [7, 11) is 0. The van der Waals surface area contributed by atoms with Gasteiger partial charge in [-0.15, -0.1) is 24.8 Å². The number of hydrogen-bond acceptors (Lipinski definition) is 4. The molecule has 5 nitrogen and oxygen atoms in total. The summed E-state index contributed by atoms with van der Waals surface area (Å²) < 4.78 is 13.6. The SMILES string of the molecule is Cc1nc2cc(F)cc(C(=O)NCCCN)c2nc1C.Cl.Cl. The number of halogens is 3. The Kier molecular flexibility index (Phi) is 8.22. The fourth-order valence-electron chi connectivity index (χ4n) is 1.87. The maximum atomic E-state index is 13.6. The fourth-order valence-corrected chi connectivity index (χ4v) is 1.87. The van der Waals surface area contributed by atoms with E-state index in [0.29, 0.717) is 30.5 Å². The van der Waals surface area contributed by atoms with Gasteiger partial charge >= 0.3 is 0 Å². The molecule has 1 heterocycles. The zero-order valence-corrected chi connectivity index (χ0v) is 14.0. The molecule has 0 unspecified atom stereocenters. The van der Waals surface area contributed by atoms with Gasteiger partial charge in [0.15, 0.2) is 0 Å². The molecule has 0 bridgehead atoms. The molecule has 0 spiro atoms. The zero-order chi connectivity index (χ0) is 14.7.